The summed E-state index contributed by atoms with van der Waals surface area (Å²) in [6.45, 7) is 3.20. The topological polar surface area (TPSA) is 66.5 Å². The molecule has 1 aromatic rings. The standard InChI is InChI=1S/C15H22N2O3S/c1-12(18)13-5-3-7-15(11-13)21(19,20)17(2)14-6-4-9-16-10-8-14/h3,5,7,11,14,16H,4,6,8-10H2,1-2H3. The van der Waals surface area contributed by atoms with Crippen molar-refractivity contribution in [3.05, 3.63) is 29.8 Å². The maximum atomic E-state index is 12.7. The normalized spacial score (nSPS) is 20.2. The second-order valence-electron chi connectivity index (χ2n) is 5.44. The van der Waals surface area contributed by atoms with Crippen molar-refractivity contribution in [2.24, 2.45) is 0 Å². The van der Waals surface area contributed by atoms with E-state index in [9.17, 15) is 13.2 Å². The fourth-order valence-electron chi connectivity index (χ4n) is 2.60. The number of carbonyl (C=O) groups is 1. The molecule has 0 spiro atoms. The number of carbonyl (C=O) groups excluding carboxylic acids is 1. The van der Waals surface area contributed by atoms with Gasteiger partial charge >= 0.3 is 0 Å². The van der Waals surface area contributed by atoms with E-state index in [0.29, 0.717) is 5.56 Å². The molecule has 21 heavy (non-hydrogen) atoms. The third-order valence-corrected chi connectivity index (χ3v) is 5.88. The maximum absolute atomic E-state index is 12.7. The summed E-state index contributed by atoms with van der Waals surface area (Å²) >= 11 is 0. The van der Waals surface area contributed by atoms with Gasteiger partial charge in [-0.2, -0.15) is 4.31 Å². The monoisotopic (exact) mass is 310 g/mol. The lowest BCUT2D eigenvalue weighted by Gasteiger charge is -2.26. The van der Waals surface area contributed by atoms with E-state index in [0.717, 1.165) is 32.4 Å². The number of nitrogens with zero attached hydrogens (tertiary/aromatic N) is 1. The molecule has 0 radical (unpaired) electrons. The number of nitrogens with one attached hydrogen (secondary N) is 1. The molecule has 1 aliphatic heterocycles. The van der Waals surface area contributed by atoms with E-state index in [-0.39, 0.29) is 16.7 Å². The summed E-state index contributed by atoms with van der Waals surface area (Å²) in [6.07, 6.45) is 2.63. The van der Waals surface area contributed by atoms with E-state index < -0.39 is 10.0 Å². The predicted octanol–water partition coefficient (Wildman–Crippen LogP) is 1.65. The average molecular weight is 310 g/mol. The lowest BCUT2D eigenvalue weighted by molar-refractivity contribution is 0.101. The Morgan fingerprint density at radius 2 is 2.05 bits per heavy atom. The van der Waals surface area contributed by atoms with Gasteiger partial charge in [-0.25, -0.2) is 8.42 Å². The van der Waals surface area contributed by atoms with Crippen LogP contribution in [-0.4, -0.2) is 44.7 Å². The van der Waals surface area contributed by atoms with E-state index in [1.165, 1.54) is 17.3 Å². The molecule has 0 amide bonds. The van der Waals surface area contributed by atoms with Crippen molar-refractivity contribution in [3.63, 3.8) is 0 Å². The number of Topliss-reactive ketones (excluding diaryl/α,β-unsaturated/α-hetero) is 1. The van der Waals surface area contributed by atoms with Crippen LogP contribution in [0, 0.1) is 0 Å². The highest BCUT2D eigenvalue weighted by atomic mass is 32.2. The van der Waals surface area contributed by atoms with Crippen LogP contribution in [-0.2, 0) is 10.0 Å². The lowest BCUT2D eigenvalue weighted by atomic mass is 10.1. The molecule has 116 valence electrons. The van der Waals surface area contributed by atoms with Crippen molar-refractivity contribution >= 4 is 15.8 Å². The molecular weight excluding hydrogens is 288 g/mol. The van der Waals surface area contributed by atoms with Crippen LogP contribution in [0.4, 0.5) is 0 Å². The van der Waals surface area contributed by atoms with E-state index in [2.05, 4.69) is 5.32 Å². The summed E-state index contributed by atoms with van der Waals surface area (Å²) in [4.78, 5) is 11.6. The first kappa shape index (κ1) is 16.1. The van der Waals surface area contributed by atoms with Gasteiger partial charge in [-0.15, -0.1) is 0 Å². The highest BCUT2D eigenvalue weighted by molar-refractivity contribution is 7.89. The van der Waals surface area contributed by atoms with Crippen LogP contribution in [0.2, 0.25) is 0 Å². The fraction of sp³-hybridized carbons (Fsp3) is 0.533. The van der Waals surface area contributed by atoms with Crippen LogP contribution in [0.1, 0.15) is 36.5 Å². The molecule has 1 fully saturated rings. The van der Waals surface area contributed by atoms with Crippen LogP contribution in [0.5, 0.6) is 0 Å². The molecule has 0 saturated carbocycles. The summed E-state index contributed by atoms with van der Waals surface area (Å²) < 4.78 is 26.9. The van der Waals surface area contributed by atoms with Gasteiger partial charge in [-0.1, -0.05) is 12.1 Å². The van der Waals surface area contributed by atoms with E-state index in [1.807, 2.05) is 0 Å². The quantitative estimate of drug-likeness (QED) is 0.859. The Balaban J connectivity index is 2.27. The summed E-state index contributed by atoms with van der Waals surface area (Å²) in [5.74, 6) is -0.131. The molecule has 2 rings (SSSR count). The average Bonchev–Trinajstić information content (AvgIpc) is 2.75. The molecule has 1 aliphatic rings. The van der Waals surface area contributed by atoms with Crippen molar-refractivity contribution in [1.29, 1.82) is 0 Å². The van der Waals surface area contributed by atoms with Crippen molar-refractivity contribution in [2.45, 2.75) is 37.1 Å². The second-order valence-corrected chi connectivity index (χ2v) is 7.44. The van der Waals surface area contributed by atoms with Crippen LogP contribution < -0.4 is 5.32 Å². The third-order valence-electron chi connectivity index (χ3n) is 3.98. The zero-order valence-electron chi connectivity index (χ0n) is 12.5. The van der Waals surface area contributed by atoms with Crippen molar-refractivity contribution in [3.8, 4) is 0 Å². The molecular formula is C15H22N2O3S. The van der Waals surface area contributed by atoms with Gasteiger partial charge < -0.3 is 5.32 Å². The first-order valence-corrected chi connectivity index (χ1v) is 8.66. The minimum Gasteiger partial charge on any atom is -0.317 e. The van der Waals surface area contributed by atoms with Gasteiger partial charge in [0.2, 0.25) is 10.0 Å². The molecule has 1 heterocycles. The van der Waals surface area contributed by atoms with Crippen molar-refractivity contribution in [2.75, 3.05) is 20.1 Å². The van der Waals surface area contributed by atoms with Crippen molar-refractivity contribution in [1.82, 2.24) is 9.62 Å². The van der Waals surface area contributed by atoms with Gasteiger partial charge in [0.05, 0.1) is 4.90 Å². The van der Waals surface area contributed by atoms with Crippen LogP contribution in [0.15, 0.2) is 29.2 Å². The zero-order chi connectivity index (χ0) is 15.5. The van der Waals surface area contributed by atoms with Gasteiger partial charge in [0.25, 0.3) is 0 Å². The Bertz CT molecular complexity index is 605. The van der Waals surface area contributed by atoms with Crippen molar-refractivity contribution < 1.29 is 13.2 Å². The highest BCUT2D eigenvalue weighted by Gasteiger charge is 2.28. The molecule has 0 bridgehead atoms. The molecule has 1 atom stereocenters. The fourth-order valence-corrected chi connectivity index (χ4v) is 4.06. The molecule has 0 aliphatic carbocycles. The SMILES string of the molecule is CC(=O)c1cccc(S(=O)(=O)N(C)C2CCCNCC2)c1. The third kappa shape index (κ3) is 3.70. The van der Waals surface area contributed by atoms with Gasteiger partial charge in [0.1, 0.15) is 0 Å². The smallest absolute Gasteiger partial charge is 0.243 e. The Labute approximate surface area is 126 Å². The Morgan fingerprint density at radius 1 is 1.29 bits per heavy atom. The largest absolute Gasteiger partial charge is 0.317 e. The molecule has 6 heteroatoms. The zero-order valence-corrected chi connectivity index (χ0v) is 13.3. The van der Waals surface area contributed by atoms with Crippen LogP contribution >= 0.6 is 0 Å². The molecule has 0 aromatic heterocycles. The number of sulfonamides is 1. The van der Waals surface area contributed by atoms with E-state index >= 15 is 0 Å². The first-order valence-electron chi connectivity index (χ1n) is 7.22. The Kier molecular flexibility index (Phi) is 5.13. The minimum atomic E-state index is -3.56. The molecule has 5 nitrogen and oxygen atoms in total. The number of hydrogen-bond acceptors (Lipinski definition) is 4. The van der Waals surface area contributed by atoms with Gasteiger partial charge in [0, 0.05) is 18.7 Å². The summed E-state index contributed by atoms with van der Waals surface area (Å²) in [7, 11) is -1.93. The van der Waals surface area contributed by atoms with Crippen LogP contribution in [0.3, 0.4) is 0 Å². The Morgan fingerprint density at radius 3 is 2.76 bits per heavy atom. The molecule has 1 unspecified atom stereocenters. The summed E-state index contributed by atoms with van der Waals surface area (Å²) in [5, 5.41) is 3.28. The second kappa shape index (κ2) is 6.68. The van der Waals surface area contributed by atoms with Gasteiger partial charge in [-0.05, 0) is 51.4 Å². The summed E-state index contributed by atoms with van der Waals surface area (Å²) in [5.41, 5.74) is 0.423. The predicted molar refractivity (Wildman–Crippen MR) is 81.9 cm³/mol. The van der Waals surface area contributed by atoms with E-state index in [4.69, 9.17) is 0 Å². The number of ketones is 1. The number of rotatable bonds is 4. The first-order chi connectivity index (χ1) is 9.93. The minimum absolute atomic E-state index is 0.00554. The molecule has 1 N–H and O–H groups in total. The highest BCUT2D eigenvalue weighted by Crippen LogP contribution is 2.22. The lowest BCUT2D eigenvalue weighted by Crippen LogP contribution is -2.37. The van der Waals surface area contributed by atoms with Gasteiger partial charge in [0.15, 0.2) is 5.78 Å². The van der Waals surface area contributed by atoms with Gasteiger partial charge in [-0.3, -0.25) is 4.79 Å². The van der Waals surface area contributed by atoms with E-state index in [1.54, 1.807) is 25.2 Å². The Hall–Kier alpha value is -1.24. The van der Waals surface area contributed by atoms with Crippen LogP contribution in [0.25, 0.3) is 0 Å². The molecule has 1 saturated heterocycles. The number of hydrogen-bond donors (Lipinski definition) is 1. The summed E-state index contributed by atoms with van der Waals surface area (Å²) in [6, 6.07) is 6.27. The number of benzene rings is 1. The maximum Gasteiger partial charge on any atom is 0.243 e. The molecule has 1 aromatic carbocycles.